The number of para-hydroxylation sites is 1. The maximum absolute atomic E-state index is 6.21. The van der Waals surface area contributed by atoms with E-state index in [1.165, 1.54) is 0 Å². The van der Waals surface area contributed by atoms with Crippen LogP contribution < -0.4 is 10.1 Å². The fourth-order valence-electron chi connectivity index (χ4n) is 1.86. The summed E-state index contributed by atoms with van der Waals surface area (Å²) in [5.74, 6) is 0.710. The average molecular weight is 310 g/mol. The molecule has 0 aromatic heterocycles. The Hall–Kier alpha value is -1.38. The van der Waals surface area contributed by atoms with Crippen molar-refractivity contribution < 1.29 is 4.74 Å². The number of nitrogens with one attached hydrogen (secondary N) is 1. The molecule has 0 aliphatic heterocycles. The van der Waals surface area contributed by atoms with Crippen molar-refractivity contribution in [2.75, 3.05) is 11.9 Å². The topological polar surface area (TPSA) is 21.3 Å². The number of hydrogen-bond donors (Lipinski definition) is 1. The molecule has 0 amide bonds. The SMILES string of the molecule is CCCOc1c(Cl)cc(Cl)cc1CNc1ccccc1. The molecule has 0 saturated carbocycles. The van der Waals surface area contributed by atoms with E-state index >= 15 is 0 Å². The lowest BCUT2D eigenvalue weighted by atomic mass is 10.2. The summed E-state index contributed by atoms with van der Waals surface area (Å²) < 4.78 is 5.73. The van der Waals surface area contributed by atoms with Gasteiger partial charge in [0.1, 0.15) is 5.75 Å². The molecule has 0 unspecified atom stereocenters. The molecule has 0 saturated heterocycles. The zero-order valence-electron chi connectivity index (χ0n) is 11.3. The summed E-state index contributed by atoms with van der Waals surface area (Å²) >= 11 is 12.3. The Bertz CT molecular complexity index is 558. The van der Waals surface area contributed by atoms with Crippen LogP contribution >= 0.6 is 23.2 Å². The minimum atomic E-state index is 0.552. The van der Waals surface area contributed by atoms with Crippen molar-refractivity contribution in [1.29, 1.82) is 0 Å². The summed E-state index contributed by atoms with van der Waals surface area (Å²) in [6.45, 7) is 3.31. The van der Waals surface area contributed by atoms with Gasteiger partial charge in [0, 0.05) is 22.8 Å². The van der Waals surface area contributed by atoms with E-state index in [-0.39, 0.29) is 0 Å². The molecule has 0 aliphatic carbocycles. The molecule has 1 N–H and O–H groups in total. The molecule has 0 heterocycles. The van der Waals surface area contributed by atoms with E-state index in [2.05, 4.69) is 12.2 Å². The summed E-state index contributed by atoms with van der Waals surface area (Å²) in [5, 5.41) is 4.50. The van der Waals surface area contributed by atoms with E-state index in [1.54, 1.807) is 6.07 Å². The number of anilines is 1. The second-order valence-electron chi connectivity index (χ2n) is 4.44. The van der Waals surface area contributed by atoms with Gasteiger partial charge in [-0.1, -0.05) is 48.3 Å². The lowest BCUT2D eigenvalue weighted by Crippen LogP contribution is -2.04. The van der Waals surface area contributed by atoms with Gasteiger partial charge in [-0.05, 0) is 30.7 Å². The van der Waals surface area contributed by atoms with Crippen LogP contribution in [0.5, 0.6) is 5.75 Å². The molecule has 0 fully saturated rings. The van der Waals surface area contributed by atoms with Crippen LogP contribution in [0.4, 0.5) is 5.69 Å². The molecule has 2 nitrogen and oxygen atoms in total. The Kier molecular flexibility index (Phi) is 5.57. The predicted molar refractivity (Wildman–Crippen MR) is 86.0 cm³/mol. The molecular weight excluding hydrogens is 293 g/mol. The average Bonchev–Trinajstić information content (AvgIpc) is 2.45. The van der Waals surface area contributed by atoms with Crippen molar-refractivity contribution in [2.45, 2.75) is 19.9 Å². The van der Waals surface area contributed by atoms with Crippen LogP contribution in [0.15, 0.2) is 42.5 Å². The lowest BCUT2D eigenvalue weighted by Gasteiger charge is -2.14. The zero-order valence-corrected chi connectivity index (χ0v) is 12.8. The lowest BCUT2D eigenvalue weighted by molar-refractivity contribution is 0.314. The summed E-state index contributed by atoms with van der Waals surface area (Å²) in [6, 6.07) is 13.6. The standard InChI is InChI=1S/C16H17Cl2NO/c1-2-8-20-16-12(9-13(17)10-15(16)18)11-19-14-6-4-3-5-7-14/h3-7,9-10,19H,2,8,11H2,1H3. The second kappa shape index (κ2) is 7.41. The Morgan fingerprint density at radius 2 is 1.85 bits per heavy atom. The van der Waals surface area contributed by atoms with Crippen molar-refractivity contribution in [3.05, 3.63) is 58.1 Å². The first-order valence-corrected chi connectivity index (χ1v) is 7.36. The highest BCUT2D eigenvalue weighted by atomic mass is 35.5. The first kappa shape index (κ1) is 15.0. The summed E-state index contributed by atoms with van der Waals surface area (Å²) in [7, 11) is 0. The van der Waals surface area contributed by atoms with Gasteiger partial charge in [0.2, 0.25) is 0 Å². The molecule has 0 spiro atoms. The maximum atomic E-state index is 6.21. The number of halogens is 2. The zero-order chi connectivity index (χ0) is 14.4. The molecular formula is C16H17Cl2NO. The third kappa shape index (κ3) is 4.06. The molecule has 2 aromatic carbocycles. The second-order valence-corrected chi connectivity index (χ2v) is 5.29. The quantitative estimate of drug-likeness (QED) is 0.772. The van der Waals surface area contributed by atoms with Crippen molar-refractivity contribution in [3.8, 4) is 5.75 Å². The molecule has 4 heteroatoms. The highest BCUT2D eigenvalue weighted by Gasteiger charge is 2.10. The number of hydrogen-bond acceptors (Lipinski definition) is 2. The van der Waals surface area contributed by atoms with Crippen molar-refractivity contribution in [2.24, 2.45) is 0 Å². The van der Waals surface area contributed by atoms with Crippen LogP contribution in [0.25, 0.3) is 0 Å². The normalized spacial score (nSPS) is 10.3. The highest BCUT2D eigenvalue weighted by molar-refractivity contribution is 6.35. The number of benzene rings is 2. The van der Waals surface area contributed by atoms with Crippen LogP contribution in [0.1, 0.15) is 18.9 Å². The van der Waals surface area contributed by atoms with E-state index in [4.69, 9.17) is 27.9 Å². The summed E-state index contributed by atoms with van der Waals surface area (Å²) in [4.78, 5) is 0. The van der Waals surface area contributed by atoms with Crippen LogP contribution in [-0.4, -0.2) is 6.61 Å². The smallest absolute Gasteiger partial charge is 0.142 e. The van der Waals surface area contributed by atoms with Gasteiger partial charge in [0.05, 0.1) is 11.6 Å². The summed E-state index contributed by atoms with van der Waals surface area (Å²) in [6.07, 6.45) is 0.935. The fourth-order valence-corrected chi connectivity index (χ4v) is 2.45. The van der Waals surface area contributed by atoms with Crippen LogP contribution in [0.3, 0.4) is 0 Å². The van der Waals surface area contributed by atoms with Gasteiger partial charge >= 0.3 is 0 Å². The maximum Gasteiger partial charge on any atom is 0.142 e. The van der Waals surface area contributed by atoms with Gasteiger partial charge in [-0.2, -0.15) is 0 Å². The first-order chi connectivity index (χ1) is 9.70. The van der Waals surface area contributed by atoms with Crippen LogP contribution in [-0.2, 0) is 6.54 Å². The van der Waals surface area contributed by atoms with E-state index in [9.17, 15) is 0 Å². The van der Waals surface area contributed by atoms with Crippen molar-refractivity contribution in [1.82, 2.24) is 0 Å². The number of rotatable bonds is 6. The van der Waals surface area contributed by atoms with Gasteiger partial charge in [-0.25, -0.2) is 0 Å². The van der Waals surface area contributed by atoms with Crippen molar-refractivity contribution >= 4 is 28.9 Å². The summed E-state index contributed by atoms with van der Waals surface area (Å²) in [5.41, 5.74) is 2.00. The van der Waals surface area contributed by atoms with Crippen LogP contribution in [0.2, 0.25) is 10.0 Å². The molecule has 2 rings (SSSR count). The molecule has 20 heavy (non-hydrogen) atoms. The van der Waals surface area contributed by atoms with E-state index in [1.807, 2.05) is 36.4 Å². The molecule has 2 aromatic rings. The van der Waals surface area contributed by atoms with E-state index in [0.717, 1.165) is 17.7 Å². The molecule has 0 radical (unpaired) electrons. The molecule has 0 aliphatic rings. The minimum absolute atomic E-state index is 0.552. The Morgan fingerprint density at radius 1 is 1.10 bits per heavy atom. The van der Waals surface area contributed by atoms with Gasteiger partial charge in [0.15, 0.2) is 0 Å². The third-order valence-electron chi connectivity index (χ3n) is 2.79. The van der Waals surface area contributed by atoms with Crippen molar-refractivity contribution in [3.63, 3.8) is 0 Å². The third-order valence-corrected chi connectivity index (χ3v) is 3.29. The Balaban J connectivity index is 2.16. The van der Waals surface area contributed by atoms with Gasteiger partial charge in [0.25, 0.3) is 0 Å². The predicted octanol–water partition coefficient (Wildman–Crippen LogP) is 5.39. The van der Waals surface area contributed by atoms with E-state index < -0.39 is 0 Å². The van der Waals surface area contributed by atoms with Gasteiger partial charge in [-0.3, -0.25) is 0 Å². The largest absolute Gasteiger partial charge is 0.492 e. The van der Waals surface area contributed by atoms with Crippen LogP contribution in [0, 0.1) is 0 Å². The minimum Gasteiger partial charge on any atom is -0.492 e. The first-order valence-electron chi connectivity index (χ1n) is 6.60. The Labute approximate surface area is 129 Å². The fraction of sp³-hybridized carbons (Fsp3) is 0.250. The molecule has 0 atom stereocenters. The highest BCUT2D eigenvalue weighted by Crippen LogP contribution is 2.33. The van der Waals surface area contributed by atoms with E-state index in [0.29, 0.717) is 28.9 Å². The molecule has 0 bridgehead atoms. The number of ether oxygens (including phenoxy) is 1. The Morgan fingerprint density at radius 3 is 2.55 bits per heavy atom. The molecule has 106 valence electrons. The van der Waals surface area contributed by atoms with Gasteiger partial charge in [-0.15, -0.1) is 0 Å². The van der Waals surface area contributed by atoms with Gasteiger partial charge < -0.3 is 10.1 Å². The monoisotopic (exact) mass is 309 g/mol.